The van der Waals surface area contributed by atoms with Gasteiger partial charge in [-0.2, -0.15) is 0 Å². The molecule has 1 amide bonds. The van der Waals surface area contributed by atoms with Crippen molar-refractivity contribution in [2.45, 2.75) is 32.3 Å². The van der Waals surface area contributed by atoms with Gasteiger partial charge >= 0.3 is 0 Å². The molecule has 1 rings (SSSR count). The number of ether oxygens (including phenoxy) is 1. The van der Waals surface area contributed by atoms with E-state index in [-0.39, 0.29) is 12.0 Å². The minimum Gasteiger partial charge on any atom is -0.491 e. The number of hydrogen-bond donors (Lipinski definition) is 2. The zero-order chi connectivity index (χ0) is 14.1. The molecule has 0 aromatic heterocycles. The fourth-order valence-corrected chi connectivity index (χ4v) is 1.72. The highest BCUT2D eigenvalue weighted by atomic mass is 35.5. The molecule has 5 heteroatoms. The molecule has 0 fully saturated rings. The molecule has 1 atom stereocenters. The molecule has 19 heavy (non-hydrogen) atoms. The smallest absolute Gasteiger partial charge is 0.223 e. The van der Waals surface area contributed by atoms with Crippen molar-refractivity contribution in [3.8, 4) is 5.75 Å². The summed E-state index contributed by atoms with van der Waals surface area (Å²) in [7, 11) is 0. The van der Waals surface area contributed by atoms with E-state index in [4.69, 9.17) is 21.4 Å². The monoisotopic (exact) mass is 285 g/mol. The number of rotatable bonds is 8. The molecule has 1 unspecified atom stereocenters. The number of benzene rings is 1. The Morgan fingerprint density at radius 1 is 1.47 bits per heavy atom. The first-order chi connectivity index (χ1) is 9.09. The lowest BCUT2D eigenvalue weighted by Gasteiger charge is -2.08. The van der Waals surface area contributed by atoms with Crippen LogP contribution in [0.5, 0.6) is 5.75 Å². The summed E-state index contributed by atoms with van der Waals surface area (Å²) in [5.41, 5.74) is 0. The van der Waals surface area contributed by atoms with Gasteiger partial charge in [0.25, 0.3) is 0 Å². The van der Waals surface area contributed by atoms with E-state index < -0.39 is 0 Å². The molecular weight excluding hydrogens is 266 g/mol. The van der Waals surface area contributed by atoms with Crippen molar-refractivity contribution in [3.05, 3.63) is 29.3 Å². The molecule has 0 aliphatic rings. The zero-order valence-electron chi connectivity index (χ0n) is 11.1. The van der Waals surface area contributed by atoms with Crippen LogP contribution in [0, 0.1) is 0 Å². The van der Waals surface area contributed by atoms with Gasteiger partial charge in [0.05, 0.1) is 24.2 Å². The molecule has 1 aromatic rings. The van der Waals surface area contributed by atoms with Crippen LogP contribution in [0.1, 0.15) is 26.2 Å². The van der Waals surface area contributed by atoms with Gasteiger partial charge in [0, 0.05) is 6.54 Å². The second kappa shape index (κ2) is 8.77. The number of amides is 1. The number of halogens is 1. The number of carbonyl (C=O) groups is 1. The summed E-state index contributed by atoms with van der Waals surface area (Å²) in [4.78, 5) is 11.5. The van der Waals surface area contributed by atoms with Crippen LogP contribution < -0.4 is 10.1 Å². The highest BCUT2D eigenvalue weighted by Crippen LogP contribution is 2.22. The third-order valence-electron chi connectivity index (χ3n) is 2.54. The van der Waals surface area contributed by atoms with Gasteiger partial charge in [0.2, 0.25) is 5.91 Å². The van der Waals surface area contributed by atoms with E-state index in [1.165, 1.54) is 0 Å². The maximum Gasteiger partial charge on any atom is 0.223 e. The maximum absolute atomic E-state index is 11.5. The maximum atomic E-state index is 11.5. The van der Waals surface area contributed by atoms with E-state index in [9.17, 15) is 4.79 Å². The Balaban J connectivity index is 2.12. The average Bonchev–Trinajstić information content (AvgIpc) is 2.37. The predicted molar refractivity (Wildman–Crippen MR) is 75.5 cm³/mol. The van der Waals surface area contributed by atoms with Crippen molar-refractivity contribution >= 4 is 17.5 Å². The van der Waals surface area contributed by atoms with Crippen molar-refractivity contribution in [1.82, 2.24) is 5.32 Å². The van der Waals surface area contributed by atoms with Crippen LogP contribution >= 0.6 is 11.6 Å². The molecule has 0 aliphatic heterocycles. The molecule has 0 saturated carbocycles. The van der Waals surface area contributed by atoms with E-state index in [1.807, 2.05) is 12.1 Å². The van der Waals surface area contributed by atoms with Crippen molar-refractivity contribution < 1.29 is 14.6 Å². The lowest BCUT2D eigenvalue weighted by Crippen LogP contribution is -2.26. The van der Waals surface area contributed by atoms with Crippen LogP contribution in [0.3, 0.4) is 0 Å². The summed E-state index contributed by atoms with van der Waals surface area (Å²) in [6, 6.07) is 7.16. The van der Waals surface area contributed by atoms with Gasteiger partial charge in [-0.25, -0.2) is 0 Å². The fourth-order valence-electron chi connectivity index (χ4n) is 1.53. The number of carbonyl (C=O) groups excluding carboxylic acids is 1. The zero-order valence-corrected chi connectivity index (χ0v) is 11.8. The second-order valence-corrected chi connectivity index (χ2v) is 4.78. The van der Waals surface area contributed by atoms with Crippen molar-refractivity contribution in [2.24, 2.45) is 0 Å². The van der Waals surface area contributed by atoms with Gasteiger partial charge in [0.15, 0.2) is 0 Å². The molecule has 0 saturated heterocycles. The molecule has 2 N–H and O–H groups in total. The van der Waals surface area contributed by atoms with Crippen LogP contribution in [0.15, 0.2) is 24.3 Å². The van der Waals surface area contributed by atoms with E-state index >= 15 is 0 Å². The Morgan fingerprint density at radius 2 is 2.21 bits per heavy atom. The summed E-state index contributed by atoms with van der Waals surface area (Å²) < 4.78 is 5.42. The third kappa shape index (κ3) is 7.03. The van der Waals surface area contributed by atoms with E-state index in [0.29, 0.717) is 36.8 Å². The Bertz CT molecular complexity index is 396. The van der Waals surface area contributed by atoms with Crippen molar-refractivity contribution in [1.29, 1.82) is 0 Å². The molecule has 106 valence electrons. The summed E-state index contributed by atoms with van der Waals surface area (Å²) in [5.74, 6) is 0.531. The minimum atomic E-state index is -0.319. The molecule has 0 aliphatic carbocycles. The lowest BCUT2D eigenvalue weighted by atomic mass is 10.2. The molecule has 0 spiro atoms. The topological polar surface area (TPSA) is 58.6 Å². The summed E-state index contributed by atoms with van der Waals surface area (Å²) >= 11 is 5.92. The Labute approximate surface area is 118 Å². The first-order valence-corrected chi connectivity index (χ1v) is 6.79. The quantitative estimate of drug-likeness (QED) is 0.721. The molecule has 0 bridgehead atoms. The van der Waals surface area contributed by atoms with Crippen LogP contribution in [-0.2, 0) is 4.79 Å². The van der Waals surface area contributed by atoms with Gasteiger partial charge in [-0.1, -0.05) is 23.7 Å². The normalized spacial score (nSPS) is 11.9. The van der Waals surface area contributed by atoms with Gasteiger partial charge < -0.3 is 15.2 Å². The van der Waals surface area contributed by atoms with Crippen molar-refractivity contribution in [3.63, 3.8) is 0 Å². The molecule has 0 radical (unpaired) electrons. The Kier molecular flexibility index (Phi) is 7.30. The van der Waals surface area contributed by atoms with Gasteiger partial charge in [-0.15, -0.1) is 0 Å². The second-order valence-electron chi connectivity index (χ2n) is 4.37. The largest absolute Gasteiger partial charge is 0.491 e. The van der Waals surface area contributed by atoms with Crippen LogP contribution in [0.2, 0.25) is 5.02 Å². The van der Waals surface area contributed by atoms with Gasteiger partial charge in [0.1, 0.15) is 5.75 Å². The standard InChI is InChI=1S/C14H20ClNO3/c1-11(17)5-4-9-16-14(18)8-10-19-13-7-3-2-6-12(13)15/h2-3,6-7,11,17H,4-5,8-10H2,1H3,(H,16,18). The Morgan fingerprint density at radius 3 is 2.89 bits per heavy atom. The summed E-state index contributed by atoms with van der Waals surface area (Å²) in [6.45, 7) is 2.61. The fraction of sp³-hybridized carbons (Fsp3) is 0.500. The summed E-state index contributed by atoms with van der Waals surface area (Å²) in [5, 5.41) is 12.4. The SMILES string of the molecule is CC(O)CCCNC(=O)CCOc1ccccc1Cl. The lowest BCUT2D eigenvalue weighted by molar-refractivity contribution is -0.121. The number of aliphatic hydroxyl groups excluding tert-OH is 1. The third-order valence-corrected chi connectivity index (χ3v) is 2.86. The number of aliphatic hydroxyl groups is 1. The number of para-hydroxylation sites is 1. The molecule has 1 aromatic carbocycles. The van der Waals surface area contributed by atoms with Crippen molar-refractivity contribution in [2.75, 3.05) is 13.2 Å². The highest BCUT2D eigenvalue weighted by Gasteiger charge is 2.04. The van der Waals surface area contributed by atoms with Crippen LogP contribution in [0.4, 0.5) is 0 Å². The molecule has 4 nitrogen and oxygen atoms in total. The van der Waals surface area contributed by atoms with Gasteiger partial charge in [-0.05, 0) is 31.9 Å². The molecular formula is C14H20ClNO3. The Hall–Kier alpha value is -1.26. The minimum absolute atomic E-state index is 0.0577. The molecule has 0 heterocycles. The van der Waals surface area contributed by atoms with E-state index in [0.717, 1.165) is 6.42 Å². The summed E-state index contributed by atoms with van der Waals surface area (Å²) in [6.07, 6.45) is 1.44. The van der Waals surface area contributed by atoms with Crippen LogP contribution in [0.25, 0.3) is 0 Å². The first-order valence-electron chi connectivity index (χ1n) is 6.41. The van der Waals surface area contributed by atoms with E-state index in [1.54, 1.807) is 19.1 Å². The first kappa shape index (κ1) is 15.8. The van der Waals surface area contributed by atoms with Gasteiger partial charge in [-0.3, -0.25) is 4.79 Å². The highest BCUT2D eigenvalue weighted by molar-refractivity contribution is 6.32. The van der Waals surface area contributed by atoms with Crippen LogP contribution in [-0.4, -0.2) is 30.3 Å². The number of hydrogen-bond acceptors (Lipinski definition) is 3. The predicted octanol–water partition coefficient (Wildman–Crippen LogP) is 2.39. The number of nitrogens with one attached hydrogen (secondary N) is 1. The van der Waals surface area contributed by atoms with E-state index in [2.05, 4.69) is 5.32 Å². The average molecular weight is 286 g/mol.